The summed E-state index contributed by atoms with van der Waals surface area (Å²) in [6, 6.07) is 10.5. The van der Waals surface area contributed by atoms with E-state index in [4.69, 9.17) is 4.74 Å². The molecule has 154 valence electrons. The molecule has 3 aromatic rings. The van der Waals surface area contributed by atoms with Gasteiger partial charge in [-0.2, -0.15) is 0 Å². The summed E-state index contributed by atoms with van der Waals surface area (Å²) in [5, 5.41) is 16.1. The highest BCUT2D eigenvalue weighted by atomic mass is 16.5. The highest BCUT2D eigenvalue weighted by Gasteiger charge is 2.15. The monoisotopic (exact) mass is 397 g/mol. The lowest BCUT2D eigenvalue weighted by Gasteiger charge is -2.25. The van der Waals surface area contributed by atoms with Gasteiger partial charge in [-0.05, 0) is 34.9 Å². The van der Waals surface area contributed by atoms with Gasteiger partial charge in [0.2, 0.25) is 5.91 Å². The molecular weight excluding hydrogens is 370 g/mol. The molecule has 9 nitrogen and oxygen atoms in total. The van der Waals surface area contributed by atoms with Crippen molar-refractivity contribution in [2.45, 2.75) is 33.0 Å². The van der Waals surface area contributed by atoms with E-state index in [-0.39, 0.29) is 5.91 Å². The molecule has 0 aliphatic carbocycles. The Morgan fingerprint density at radius 3 is 2.90 bits per heavy atom. The number of aromatic nitrogens is 5. The first kappa shape index (κ1) is 19.5. The van der Waals surface area contributed by atoms with Gasteiger partial charge in [0.25, 0.3) is 0 Å². The summed E-state index contributed by atoms with van der Waals surface area (Å²) in [7, 11) is 0. The minimum absolute atomic E-state index is 0.00642. The Balaban J connectivity index is 1.24. The number of hydrogen-bond acceptors (Lipinski definition) is 6. The molecule has 3 heterocycles. The molecule has 1 amide bonds. The van der Waals surface area contributed by atoms with E-state index < -0.39 is 0 Å². The number of morpholine rings is 1. The maximum absolute atomic E-state index is 12.3. The van der Waals surface area contributed by atoms with Crippen LogP contribution in [-0.2, 0) is 29.2 Å². The molecule has 1 aliphatic rings. The van der Waals surface area contributed by atoms with E-state index in [0.717, 1.165) is 38.7 Å². The van der Waals surface area contributed by atoms with Crippen LogP contribution in [0.3, 0.4) is 0 Å². The van der Waals surface area contributed by atoms with Gasteiger partial charge in [-0.3, -0.25) is 9.69 Å². The standard InChI is InChI=1S/C20H27N7O2/c1-16-14-17-4-2-3-5-18(17)26(16)9-7-21-20(28)6-8-27-19(22-23-24-27)15-25-10-12-29-13-11-25/h2-5,14H,6-13,15H2,1H3,(H,21,28). The van der Waals surface area contributed by atoms with Crippen LogP contribution in [0.4, 0.5) is 0 Å². The molecule has 1 saturated heterocycles. The first-order valence-electron chi connectivity index (χ1n) is 10.1. The van der Waals surface area contributed by atoms with Crippen LogP contribution in [0.2, 0.25) is 0 Å². The third-order valence-corrected chi connectivity index (χ3v) is 5.30. The molecule has 1 aliphatic heterocycles. The topological polar surface area (TPSA) is 90.1 Å². The van der Waals surface area contributed by atoms with Gasteiger partial charge in [0.15, 0.2) is 5.82 Å². The minimum Gasteiger partial charge on any atom is -0.379 e. The number of rotatable bonds is 8. The zero-order chi connectivity index (χ0) is 20.1. The number of para-hydroxylation sites is 1. The Morgan fingerprint density at radius 2 is 2.03 bits per heavy atom. The van der Waals surface area contributed by atoms with Gasteiger partial charge in [-0.1, -0.05) is 18.2 Å². The van der Waals surface area contributed by atoms with Crippen LogP contribution in [0.15, 0.2) is 30.3 Å². The Bertz CT molecular complexity index is 959. The fraction of sp³-hybridized carbons (Fsp3) is 0.500. The molecule has 1 aromatic carbocycles. The summed E-state index contributed by atoms with van der Waals surface area (Å²) in [4.78, 5) is 14.5. The van der Waals surface area contributed by atoms with Crippen LogP contribution in [0.25, 0.3) is 10.9 Å². The quantitative estimate of drug-likeness (QED) is 0.609. The van der Waals surface area contributed by atoms with Gasteiger partial charge in [0.1, 0.15) is 0 Å². The lowest BCUT2D eigenvalue weighted by atomic mass is 10.2. The van der Waals surface area contributed by atoms with Crippen molar-refractivity contribution >= 4 is 16.8 Å². The SMILES string of the molecule is Cc1cc2ccccc2n1CCNC(=O)CCn1nnnc1CN1CCOCC1. The molecule has 1 fully saturated rings. The summed E-state index contributed by atoms with van der Waals surface area (Å²) in [6.45, 7) is 7.81. The first-order chi connectivity index (χ1) is 14.2. The molecule has 0 bridgehead atoms. The van der Waals surface area contributed by atoms with Gasteiger partial charge in [-0.15, -0.1) is 5.10 Å². The van der Waals surface area contributed by atoms with Gasteiger partial charge in [0, 0.05) is 43.8 Å². The number of benzene rings is 1. The van der Waals surface area contributed by atoms with Crippen LogP contribution in [-0.4, -0.2) is 68.4 Å². The lowest BCUT2D eigenvalue weighted by molar-refractivity contribution is -0.121. The summed E-state index contributed by atoms with van der Waals surface area (Å²) >= 11 is 0. The van der Waals surface area contributed by atoms with Crippen molar-refractivity contribution in [1.29, 1.82) is 0 Å². The van der Waals surface area contributed by atoms with Crippen molar-refractivity contribution in [1.82, 2.24) is 35.0 Å². The summed E-state index contributed by atoms with van der Waals surface area (Å²) in [6.07, 6.45) is 0.354. The zero-order valence-corrected chi connectivity index (χ0v) is 16.8. The maximum atomic E-state index is 12.3. The molecule has 0 radical (unpaired) electrons. The van der Waals surface area contributed by atoms with E-state index >= 15 is 0 Å². The van der Waals surface area contributed by atoms with Gasteiger partial charge in [-0.25, -0.2) is 4.68 Å². The Hall–Kier alpha value is -2.78. The van der Waals surface area contributed by atoms with Crippen LogP contribution in [0.1, 0.15) is 17.9 Å². The molecular formula is C20H27N7O2. The normalized spacial score (nSPS) is 15.1. The maximum Gasteiger partial charge on any atom is 0.221 e. The van der Waals surface area contributed by atoms with Crippen molar-refractivity contribution in [2.24, 2.45) is 0 Å². The number of nitrogens with zero attached hydrogens (tertiary/aromatic N) is 6. The molecule has 29 heavy (non-hydrogen) atoms. The predicted molar refractivity (Wildman–Crippen MR) is 108 cm³/mol. The molecule has 0 atom stereocenters. The van der Waals surface area contributed by atoms with Crippen LogP contribution in [0.5, 0.6) is 0 Å². The predicted octanol–water partition coefficient (Wildman–Crippen LogP) is 0.975. The van der Waals surface area contributed by atoms with Crippen LogP contribution in [0, 0.1) is 6.92 Å². The fourth-order valence-electron chi connectivity index (χ4n) is 3.72. The second kappa shape index (κ2) is 9.15. The molecule has 0 spiro atoms. The molecule has 0 saturated carbocycles. The molecule has 0 unspecified atom stereocenters. The van der Waals surface area contributed by atoms with E-state index in [2.05, 4.69) is 55.4 Å². The van der Waals surface area contributed by atoms with E-state index in [1.165, 1.54) is 16.6 Å². The molecule has 4 rings (SSSR count). The van der Waals surface area contributed by atoms with Crippen molar-refractivity contribution in [3.63, 3.8) is 0 Å². The van der Waals surface area contributed by atoms with E-state index in [9.17, 15) is 4.79 Å². The number of hydrogen-bond donors (Lipinski definition) is 1. The van der Waals surface area contributed by atoms with Crippen molar-refractivity contribution in [3.8, 4) is 0 Å². The largest absolute Gasteiger partial charge is 0.379 e. The number of aryl methyl sites for hydroxylation is 2. The second-order valence-electron chi connectivity index (χ2n) is 7.30. The Kier molecular flexibility index (Phi) is 6.16. The number of nitrogens with one attached hydrogen (secondary N) is 1. The third kappa shape index (κ3) is 4.80. The van der Waals surface area contributed by atoms with E-state index in [1.54, 1.807) is 4.68 Å². The fourth-order valence-corrected chi connectivity index (χ4v) is 3.72. The summed E-state index contributed by atoms with van der Waals surface area (Å²) < 4.78 is 9.32. The van der Waals surface area contributed by atoms with Crippen LogP contribution < -0.4 is 5.32 Å². The first-order valence-corrected chi connectivity index (χ1v) is 10.1. The number of carbonyl (C=O) groups excluding carboxylic acids is 1. The Morgan fingerprint density at radius 1 is 1.21 bits per heavy atom. The average Bonchev–Trinajstić information content (AvgIpc) is 3.31. The number of tetrazole rings is 1. The molecule has 9 heteroatoms. The van der Waals surface area contributed by atoms with Crippen molar-refractivity contribution in [2.75, 3.05) is 32.8 Å². The number of carbonyl (C=O) groups is 1. The molecule has 2 aromatic heterocycles. The van der Waals surface area contributed by atoms with E-state index in [0.29, 0.717) is 26.1 Å². The second-order valence-corrected chi connectivity index (χ2v) is 7.30. The minimum atomic E-state index is 0.00642. The third-order valence-electron chi connectivity index (χ3n) is 5.30. The highest BCUT2D eigenvalue weighted by molar-refractivity contribution is 5.81. The number of fused-ring (bicyclic) bond motifs is 1. The van der Waals surface area contributed by atoms with E-state index in [1.807, 2.05) is 12.1 Å². The highest BCUT2D eigenvalue weighted by Crippen LogP contribution is 2.18. The molecule has 1 N–H and O–H groups in total. The van der Waals surface area contributed by atoms with Gasteiger partial charge < -0.3 is 14.6 Å². The lowest BCUT2D eigenvalue weighted by Crippen LogP contribution is -2.36. The van der Waals surface area contributed by atoms with Crippen molar-refractivity contribution in [3.05, 3.63) is 41.9 Å². The van der Waals surface area contributed by atoms with Crippen LogP contribution >= 0.6 is 0 Å². The smallest absolute Gasteiger partial charge is 0.221 e. The van der Waals surface area contributed by atoms with Crippen molar-refractivity contribution < 1.29 is 9.53 Å². The van der Waals surface area contributed by atoms with Gasteiger partial charge in [0.05, 0.1) is 26.3 Å². The summed E-state index contributed by atoms with van der Waals surface area (Å²) in [5.74, 6) is 0.793. The number of amides is 1. The number of ether oxygens (including phenoxy) is 1. The summed E-state index contributed by atoms with van der Waals surface area (Å²) in [5.41, 5.74) is 2.39. The zero-order valence-electron chi connectivity index (χ0n) is 16.8. The Labute approximate surface area is 169 Å². The average molecular weight is 397 g/mol. The van der Waals surface area contributed by atoms with Gasteiger partial charge >= 0.3 is 0 Å².